The second-order valence-electron chi connectivity index (χ2n) is 4.21. The van der Waals surface area contributed by atoms with Crippen molar-refractivity contribution < 1.29 is 4.39 Å². The maximum absolute atomic E-state index is 13.1. The molecule has 0 aliphatic heterocycles. The van der Waals surface area contributed by atoms with Gasteiger partial charge in [0, 0.05) is 0 Å². The summed E-state index contributed by atoms with van der Waals surface area (Å²) in [6, 6.07) is 0. The number of nitrogens with two attached hydrogens (primary N) is 1. The summed E-state index contributed by atoms with van der Waals surface area (Å²) in [5.41, 5.74) is 6.28. The molecule has 4 heteroatoms. The molecule has 0 spiro atoms. The zero-order valence-electron chi connectivity index (χ0n) is 7.73. The van der Waals surface area contributed by atoms with E-state index >= 15 is 0 Å². The van der Waals surface area contributed by atoms with Crippen LogP contribution in [0.25, 0.3) is 0 Å². The van der Waals surface area contributed by atoms with E-state index in [-0.39, 0.29) is 11.6 Å². The van der Waals surface area contributed by atoms with Gasteiger partial charge in [0.15, 0.2) is 11.6 Å². The monoisotopic (exact) mass is 183 g/mol. The third-order valence-corrected chi connectivity index (χ3v) is 2.88. The quantitative estimate of drug-likeness (QED) is 0.751. The standard InChI is InChI=1S/C9H14FN3/c1-9(4-5-9)3-2-6-7(10)8(11)13-12-6/h2-5H2,1H3,(H3,11,12,13). The van der Waals surface area contributed by atoms with Crippen molar-refractivity contribution >= 4 is 5.82 Å². The summed E-state index contributed by atoms with van der Waals surface area (Å²) in [7, 11) is 0. The first-order chi connectivity index (χ1) is 6.11. The van der Waals surface area contributed by atoms with Gasteiger partial charge >= 0.3 is 0 Å². The average molecular weight is 183 g/mol. The summed E-state index contributed by atoms with van der Waals surface area (Å²) >= 11 is 0. The highest BCUT2D eigenvalue weighted by Crippen LogP contribution is 2.48. The molecule has 0 aromatic carbocycles. The summed E-state index contributed by atoms with van der Waals surface area (Å²) < 4.78 is 13.1. The van der Waals surface area contributed by atoms with Crippen LogP contribution in [0.5, 0.6) is 0 Å². The number of nitrogens with one attached hydrogen (secondary N) is 1. The highest BCUT2D eigenvalue weighted by Gasteiger charge is 2.36. The highest BCUT2D eigenvalue weighted by atomic mass is 19.1. The maximum Gasteiger partial charge on any atom is 0.187 e. The smallest absolute Gasteiger partial charge is 0.187 e. The summed E-state index contributed by atoms with van der Waals surface area (Å²) in [6.45, 7) is 2.23. The molecule has 0 unspecified atom stereocenters. The van der Waals surface area contributed by atoms with Crippen molar-refractivity contribution in [1.82, 2.24) is 10.2 Å². The van der Waals surface area contributed by atoms with Gasteiger partial charge in [-0.2, -0.15) is 5.10 Å². The van der Waals surface area contributed by atoms with Gasteiger partial charge < -0.3 is 5.73 Å². The first-order valence-corrected chi connectivity index (χ1v) is 4.59. The third kappa shape index (κ3) is 1.66. The SMILES string of the molecule is CC1(CCc2[nH]nc(N)c2F)CC1. The number of nitrogen functional groups attached to an aromatic ring is 1. The number of H-pyrrole nitrogens is 1. The molecule has 1 fully saturated rings. The Balaban J connectivity index is 1.97. The van der Waals surface area contributed by atoms with Crippen molar-refractivity contribution in [2.75, 3.05) is 5.73 Å². The molecule has 0 bridgehead atoms. The van der Waals surface area contributed by atoms with Crippen molar-refractivity contribution in [3.63, 3.8) is 0 Å². The van der Waals surface area contributed by atoms with Crippen LogP contribution in [0.15, 0.2) is 0 Å². The van der Waals surface area contributed by atoms with Crippen LogP contribution in [0.1, 0.15) is 31.9 Å². The fourth-order valence-corrected chi connectivity index (χ4v) is 1.44. The van der Waals surface area contributed by atoms with Gasteiger partial charge in [-0.15, -0.1) is 0 Å². The minimum Gasteiger partial charge on any atom is -0.380 e. The third-order valence-electron chi connectivity index (χ3n) is 2.88. The maximum atomic E-state index is 13.1. The number of rotatable bonds is 3. The van der Waals surface area contributed by atoms with Crippen molar-refractivity contribution in [2.24, 2.45) is 5.41 Å². The molecule has 13 heavy (non-hydrogen) atoms. The van der Waals surface area contributed by atoms with Gasteiger partial charge in [0.2, 0.25) is 0 Å². The number of aromatic nitrogens is 2. The van der Waals surface area contributed by atoms with Gasteiger partial charge in [0.05, 0.1) is 5.69 Å². The molecule has 2 rings (SSSR count). The molecule has 1 aliphatic rings. The van der Waals surface area contributed by atoms with Crippen LogP contribution in [0, 0.1) is 11.2 Å². The van der Waals surface area contributed by atoms with Gasteiger partial charge in [-0.1, -0.05) is 6.92 Å². The van der Waals surface area contributed by atoms with Crippen molar-refractivity contribution in [3.8, 4) is 0 Å². The van der Waals surface area contributed by atoms with E-state index in [1.54, 1.807) is 0 Å². The first kappa shape index (κ1) is 8.53. The van der Waals surface area contributed by atoms with E-state index in [1.165, 1.54) is 12.8 Å². The molecular weight excluding hydrogens is 169 g/mol. The Kier molecular flexibility index (Phi) is 1.78. The minimum absolute atomic E-state index is 0.0176. The van der Waals surface area contributed by atoms with Crippen LogP contribution < -0.4 is 5.73 Å². The minimum atomic E-state index is -0.371. The first-order valence-electron chi connectivity index (χ1n) is 4.59. The van der Waals surface area contributed by atoms with Crippen LogP contribution in [-0.4, -0.2) is 10.2 Å². The summed E-state index contributed by atoms with van der Waals surface area (Å²) in [6.07, 6.45) is 4.26. The number of hydrogen-bond donors (Lipinski definition) is 2. The van der Waals surface area contributed by atoms with E-state index in [1.807, 2.05) is 0 Å². The van der Waals surface area contributed by atoms with E-state index in [9.17, 15) is 4.39 Å². The van der Waals surface area contributed by atoms with E-state index in [0.717, 1.165) is 6.42 Å². The highest BCUT2D eigenvalue weighted by molar-refractivity contribution is 5.31. The number of hydrogen-bond acceptors (Lipinski definition) is 2. The van der Waals surface area contributed by atoms with Gasteiger partial charge in [0.1, 0.15) is 0 Å². The lowest BCUT2D eigenvalue weighted by molar-refractivity contribution is 0.503. The number of aryl methyl sites for hydroxylation is 1. The molecule has 1 aliphatic carbocycles. The molecule has 0 atom stereocenters. The Bertz CT molecular complexity index is 315. The largest absolute Gasteiger partial charge is 0.380 e. The van der Waals surface area contributed by atoms with Gasteiger partial charge in [0.25, 0.3) is 0 Å². The van der Waals surface area contributed by atoms with Crippen LogP contribution >= 0.6 is 0 Å². The number of anilines is 1. The average Bonchev–Trinajstić information content (AvgIpc) is 2.75. The van der Waals surface area contributed by atoms with Crippen LogP contribution in [0.4, 0.5) is 10.2 Å². The molecule has 1 aromatic rings. The van der Waals surface area contributed by atoms with E-state index in [0.29, 0.717) is 17.5 Å². The van der Waals surface area contributed by atoms with E-state index < -0.39 is 0 Å². The Labute approximate surface area is 76.5 Å². The van der Waals surface area contributed by atoms with E-state index in [2.05, 4.69) is 17.1 Å². The predicted molar refractivity (Wildman–Crippen MR) is 48.6 cm³/mol. The number of aromatic amines is 1. The lowest BCUT2D eigenvalue weighted by atomic mass is 10.0. The second-order valence-corrected chi connectivity index (χ2v) is 4.21. The Morgan fingerprint density at radius 2 is 2.31 bits per heavy atom. The van der Waals surface area contributed by atoms with Crippen molar-refractivity contribution in [3.05, 3.63) is 11.5 Å². The zero-order valence-corrected chi connectivity index (χ0v) is 7.73. The fraction of sp³-hybridized carbons (Fsp3) is 0.667. The molecular formula is C9H14FN3. The lowest BCUT2D eigenvalue weighted by Crippen LogP contribution is -1.98. The summed E-state index contributed by atoms with van der Waals surface area (Å²) in [5.74, 6) is -0.389. The zero-order chi connectivity index (χ0) is 9.47. The van der Waals surface area contributed by atoms with Gasteiger partial charge in [-0.3, -0.25) is 5.10 Å². The molecule has 1 aromatic heterocycles. The Morgan fingerprint density at radius 1 is 1.62 bits per heavy atom. The molecule has 1 heterocycles. The molecule has 72 valence electrons. The Morgan fingerprint density at radius 3 is 2.77 bits per heavy atom. The normalized spacial score (nSPS) is 18.9. The van der Waals surface area contributed by atoms with Crippen LogP contribution in [0.2, 0.25) is 0 Å². The fourth-order valence-electron chi connectivity index (χ4n) is 1.44. The number of halogens is 1. The van der Waals surface area contributed by atoms with Crippen LogP contribution in [-0.2, 0) is 6.42 Å². The summed E-state index contributed by atoms with van der Waals surface area (Å²) in [5, 5.41) is 6.24. The van der Waals surface area contributed by atoms with Gasteiger partial charge in [-0.25, -0.2) is 4.39 Å². The molecule has 1 saturated carbocycles. The molecule has 3 nitrogen and oxygen atoms in total. The molecule has 0 radical (unpaired) electrons. The molecule has 0 amide bonds. The topological polar surface area (TPSA) is 54.7 Å². The van der Waals surface area contributed by atoms with Crippen LogP contribution in [0.3, 0.4) is 0 Å². The lowest BCUT2D eigenvalue weighted by Gasteiger charge is -2.05. The Hall–Kier alpha value is -1.06. The molecule has 3 N–H and O–H groups in total. The van der Waals surface area contributed by atoms with Gasteiger partial charge in [-0.05, 0) is 31.1 Å². The predicted octanol–water partition coefficient (Wildman–Crippen LogP) is 1.86. The van der Waals surface area contributed by atoms with E-state index in [4.69, 9.17) is 5.73 Å². The van der Waals surface area contributed by atoms with Crippen molar-refractivity contribution in [1.29, 1.82) is 0 Å². The second kappa shape index (κ2) is 2.72. The van der Waals surface area contributed by atoms with Crippen molar-refractivity contribution in [2.45, 2.75) is 32.6 Å². The molecule has 0 saturated heterocycles. The summed E-state index contributed by atoms with van der Waals surface area (Å²) in [4.78, 5) is 0. The number of nitrogens with zero attached hydrogens (tertiary/aromatic N) is 1.